The Balaban J connectivity index is 2.18. The molecule has 3 N–H and O–H groups in total. The molecule has 9 heteroatoms. The van der Waals surface area contributed by atoms with E-state index in [1.165, 1.54) is 31.4 Å². The van der Waals surface area contributed by atoms with E-state index in [0.717, 1.165) is 18.3 Å². The Hall–Kier alpha value is -3.62. The number of hydrogen-bond acceptors (Lipinski definition) is 7. The van der Waals surface area contributed by atoms with Crippen molar-refractivity contribution in [2.45, 2.75) is 0 Å². The van der Waals surface area contributed by atoms with Crippen molar-refractivity contribution in [2.24, 2.45) is 5.10 Å². The first kappa shape index (κ1) is 16.7. The van der Waals surface area contributed by atoms with Crippen LogP contribution in [0.15, 0.2) is 41.5 Å². The summed E-state index contributed by atoms with van der Waals surface area (Å²) in [4.78, 5) is 22.3. The second kappa shape index (κ2) is 7.09. The van der Waals surface area contributed by atoms with Crippen molar-refractivity contribution < 1.29 is 24.7 Å². The molecule has 24 heavy (non-hydrogen) atoms. The Morgan fingerprint density at radius 3 is 2.67 bits per heavy atom. The lowest BCUT2D eigenvalue weighted by atomic mass is 10.1. The number of phenols is 2. The summed E-state index contributed by atoms with van der Waals surface area (Å²) in [6.07, 6.45) is 1.16. The first-order valence-corrected chi connectivity index (χ1v) is 6.60. The molecule has 0 aliphatic heterocycles. The Bertz CT molecular complexity index is 819. The minimum absolute atomic E-state index is 0.0567. The molecule has 0 saturated carbocycles. The third-order valence-electron chi connectivity index (χ3n) is 3.02. The lowest BCUT2D eigenvalue weighted by Crippen LogP contribution is -2.18. The van der Waals surface area contributed by atoms with Crippen LogP contribution in [-0.2, 0) is 0 Å². The van der Waals surface area contributed by atoms with E-state index in [-0.39, 0.29) is 34.1 Å². The second-order valence-electron chi connectivity index (χ2n) is 4.58. The standard InChI is InChI=1S/C15H13N3O6/c1-24-14-5-3-10(18(22)23)6-12(14)15(21)17-16-8-9-2-4-11(19)7-13(9)20/h2-8,19-20H,1H3,(H,17,21)/b16-8-. The molecule has 2 aromatic rings. The van der Waals surface area contributed by atoms with Gasteiger partial charge in [-0.2, -0.15) is 5.10 Å². The molecule has 0 atom stereocenters. The molecule has 0 unspecified atom stereocenters. The Morgan fingerprint density at radius 1 is 1.29 bits per heavy atom. The van der Waals surface area contributed by atoms with Crippen LogP contribution in [0.4, 0.5) is 5.69 Å². The first-order chi connectivity index (χ1) is 11.4. The molecule has 124 valence electrons. The maximum absolute atomic E-state index is 12.1. The average molecular weight is 331 g/mol. The SMILES string of the molecule is COc1ccc([N+](=O)[O-])cc1C(=O)N/N=C\c1ccc(O)cc1O. The van der Waals surface area contributed by atoms with E-state index in [1.807, 2.05) is 0 Å². The number of carbonyl (C=O) groups excluding carboxylic acids is 1. The maximum Gasteiger partial charge on any atom is 0.275 e. The molecule has 0 heterocycles. The number of nitro groups is 1. The van der Waals surface area contributed by atoms with Crippen LogP contribution in [0.25, 0.3) is 0 Å². The van der Waals surface area contributed by atoms with Gasteiger partial charge in [-0.1, -0.05) is 0 Å². The number of non-ortho nitro benzene ring substituents is 1. The summed E-state index contributed by atoms with van der Waals surface area (Å²) in [5.41, 5.74) is 2.13. The van der Waals surface area contributed by atoms with Crippen LogP contribution in [0.5, 0.6) is 17.2 Å². The van der Waals surface area contributed by atoms with E-state index >= 15 is 0 Å². The molecular weight excluding hydrogens is 318 g/mol. The number of nitrogens with zero attached hydrogens (tertiary/aromatic N) is 2. The topological polar surface area (TPSA) is 134 Å². The van der Waals surface area contributed by atoms with Gasteiger partial charge >= 0.3 is 0 Å². The zero-order valence-corrected chi connectivity index (χ0v) is 12.5. The predicted molar refractivity (Wildman–Crippen MR) is 84.5 cm³/mol. The number of nitrogens with one attached hydrogen (secondary N) is 1. The molecule has 0 bridgehead atoms. The minimum atomic E-state index is -0.718. The number of phenolic OH excluding ortho intramolecular Hbond substituents is 2. The fourth-order valence-electron chi connectivity index (χ4n) is 1.85. The van der Waals surface area contributed by atoms with Crippen molar-refractivity contribution in [1.82, 2.24) is 5.43 Å². The van der Waals surface area contributed by atoms with Gasteiger partial charge in [-0.25, -0.2) is 5.43 Å². The molecule has 2 aromatic carbocycles. The Labute approximate surface area is 136 Å². The van der Waals surface area contributed by atoms with E-state index < -0.39 is 10.8 Å². The number of ether oxygens (including phenoxy) is 1. The molecule has 9 nitrogen and oxygen atoms in total. The molecule has 0 spiro atoms. The Morgan fingerprint density at radius 2 is 2.04 bits per heavy atom. The van der Waals surface area contributed by atoms with Gasteiger partial charge in [0.2, 0.25) is 0 Å². The number of aromatic hydroxyl groups is 2. The molecule has 0 aliphatic rings. The highest BCUT2D eigenvalue weighted by Crippen LogP contribution is 2.24. The zero-order chi connectivity index (χ0) is 17.7. The number of amides is 1. The van der Waals surface area contributed by atoms with Gasteiger partial charge in [0.15, 0.2) is 0 Å². The van der Waals surface area contributed by atoms with E-state index in [4.69, 9.17) is 4.74 Å². The molecule has 2 rings (SSSR count). The highest BCUT2D eigenvalue weighted by molar-refractivity contribution is 5.98. The smallest absolute Gasteiger partial charge is 0.275 e. The molecule has 0 aromatic heterocycles. The predicted octanol–water partition coefficient (Wildman–Crippen LogP) is 1.78. The maximum atomic E-state index is 12.1. The normalized spacial score (nSPS) is 10.5. The lowest BCUT2D eigenvalue weighted by Gasteiger charge is -2.06. The van der Waals surface area contributed by atoms with Crippen molar-refractivity contribution >= 4 is 17.8 Å². The third-order valence-corrected chi connectivity index (χ3v) is 3.02. The van der Waals surface area contributed by atoms with Crippen molar-refractivity contribution in [1.29, 1.82) is 0 Å². The molecule has 0 fully saturated rings. The van der Waals surface area contributed by atoms with Gasteiger partial charge in [0, 0.05) is 23.8 Å². The third kappa shape index (κ3) is 3.77. The number of nitro benzene ring substituents is 1. The van der Waals surface area contributed by atoms with Gasteiger partial charge in [-0.3, -0.25) is 14.9 Å². The number of hydrazone groups is 1. The summed E-state index contributed by atoms with van der Waals surface area (Å²) in [7, 11) is 1.33. The van der Waals surface area contributed by atoms with Gasteiger partial charge in [0.1, 0.15) is 17.2 Å². The van der Waals surface area contributed by atoms with E-state index in [0.29, 0.717) is 0 Å². The number of benzene rings is 2. The number of methoxy groups -OCH3 is 1. The highest BCUT2D eigenvalue weighted by atomic mass is 16.6. The van der Waals surface area contributed by atoms with Crippen molar-refractivity contribution in [3.8, 4) is 17.2 Å². The fraction of sp³-hybridized carbons (Fsp3) is 0.0667. The summed E-state index contributed by atoms with van der Waals surface area (Å²) >= 11 is 0. The van der Waals surface area contributed by atoms with Crippen LogP contribution in [-0.4, -0.2) is 34.4 Å². The van der Waals surface area contributed by atoms with Crippen LogP contribution in [0, 0.1) is 10.1 Å². The molecule has 0 radical (unpaired) electrons. The monoisotopic (exact) mass is 331 g/mol. The van der Waals surface area contributed by atoms with Crippen LogP contribution >= 0.6 is 0 Å². The van der Waals surface area contributed by atoms with Crippen molar-refractivity contribution in [2.75, 3.05) is 7.11 Å². The quantitative estimate of drug-likeness (QED) is 0.434. The van der Waals surface area contributed by atoms with Gasteiger partial charge < -0.3 is 14.9 Å². The minimum Gasteiger partial charge on any atom is -0.508 e. The zero-order valence-electron chi connectivity index (χ0n) is 12.5. The van der Waals surface area contributed by atoms with Gasteiger partial charge in [0.05, 0.1) is 23.8 Å². The highest BCUT2D eigenvalue weighted by Gasteiger charge is 2.17. The summed E-state index contributed by atoms with van der Waals surface area (Å²) in [6, 6.07) is 7.45. The van der Waals surface area contributed by atoms with Gasteiger partial charge in [0.25, 0.3) is 11.6 Å². The Kier molecular flexibility index (Phi) is 4.95. The summed E-state index contributed by atoms with van der Waals surface area (Å²) in [6.45, 7) is 0. The molecular formula is C15H13N3O6. The van der Waals surface area contributed by atoms with Crippen molar-refractivity contribution in [3.05, 3.63) is 57.6 Å². The fourth-order valence-corrected chi connectivity index (χ4v) is 1.85. The van der Waals surface area contributed by atoms with Gasteiger partial charge in [-0.15, -0.1) is 0 Å². The largest absolute Gasteiger partial charge is 0.508 e. The molecule has 0 aliphatic carbocycles. The average Bonchev–Trinajstić information content (AvgIpc) is 2.56. The van der Waals surface area contributed by atoms with Gasteiger partial charge in [-0.05, 0) is 18.2 Å². The van der Waals surface area contributed by atoms with Crippen LogP contribution < -0.4 is 10.2 Å². The van der Waals surface area contributed by atoms with E-state index in [1.54, 1.807) is 0 Å². The first-order valence-electron chi connectivity index (χ1n) is 6.60. The molecule has 1 amide bonds. The van der Waals surface area contributed by atoms with E-state index in [2.05, 4.69) is 10.5 Å². The van der Waals surface area contributed by atoms with E-state index in [9.17, 15) is 25.1 Å². The van der Waals surface area contributed by atoms with Crippen LogP contribution in [0.1, 0.15) is 15.9 Å². The second-order valence-corrected chi connectivity index (χ2v) is 4.58. The molecule has 0 saturated heterocycles. The lowest BCUT2D eigenvalue weighted by molar-refractivity contribution is -0.384. The number of carbonyl (C=O) groups is 1. The summed E-state index contributed by atoms with van der Waals surface area (Å²) < 4.78 is 5.00. The summed E-state index contributed by atoms with van der Waals surface area (Å²) in [5, 5.41) is 33.2. The van der Waals surface area contributed by atoms with Crippen LogP contribution in [0.2, 0.25) is 0 Å². The van der Waals surface area contributed by atoms with Crippen LogP contribution in [0.3, 0.4) is 0 Å². The van der Waals surface area contributed by atoms with Crippen molar-refractivity contribution in [3.63, 3.8) is 0 Å². The number of rotatable bonds is 5. The number of hydrogen-bond donors (Lipinski definition) is 3. The summed E-state index contributed by atoms with van der Waals surface area (Å²) in [5.74, 6) is -0.901.